The van der Waals surface area contributed by atoms with Crippen molar-refractivity contribution in [1.82, 2.24) is 10.6 Å². The molecule has 7 nitrogen and oxygen atoms in total. The third-order valence-corrected chi connectivity index (χ3v) is 8.68. The minimum Gasteiger partial charge on any atom is -0.481 e. The predicted molar refractivity (Wildman–Crippen MR) is 129 cm³/mol. The van der Waals surface area contributed by atoms with Crippen LogP contribution in [0.25, 0.3) is 11.1 Å². The van der Waals surface area contributed by atoms with Crippen molar-refractivity contribution in [3.8, 4) is 11.1 Å². The molecule has 6 rings (SSSR count). The van der Waals surface area contributed by atoms with E-state index in [-0.39, 0.29) is 36.4 Å². The first-order chi connectivity index (χ1) is 17.0. The molecule has 3 saturated carbocycles. The molecule has 2 amide bonds. The zero-order valence-electron chi connectivity index (χ0n) is 19.5. The van der Waals surface area contributed by atoms with Crippen molar-refractivity contribution >= 4 is 18.0 Å². The zero-order valence-corrected chi connectivity index (χ0v) is 19.5. The first-order valence-electron chi connectivity index (χ1n) is 12.6. The maximum Gasteiger partial charge on any atom is 0.407 e. The number of carboxylic acids is 1. The lowest BCUT2D eigenvalue weighted by Crippen LogP contribution is -2.44. The Morgan fingerprint density at radius 3 is 2.31 bits per heavy atom. The maximum atomic E-state index is 13.0. The molecule has 3 N–H and O–H groups in total. The summed E-state index contributed by atoms with van der Waals surface area (Å²) in [5, 5.41) is 15.4. The van der Waals surface area contributed by atoms with E-state index >= 15 is 0 Å². The first kappa shape index (κ1) is 22.1. The van der Waals surface area contributed by atoms with Crippen LogP contribution in [0.1, 0.15) is 55.6 Å². The van der Waals surface area contributed by atoms with Crippen LogP contribution in [-0.4, -0.2) is 41.8 Å². The second kappa shape index (κ2) is 8.40. The number of carboxylic acid groups (broad SMARTS) is 1. The second-order valence-electron chi connectivity index (χ2n) is 10.6. The van der Waals surface area contributed by atoms with Gasteiger partial charge in [-0.1, -0.05) is 55.0 Å². The van der Waals surface area contributed by atoms with Crippen LogP contribution >= 0.6 is 0 Å². The van der Waals surface area contributed by atoms with Gasteiger partial charge in [0.15, 0.2) is 0 Å². The molecule has 0 saturated heterocycles. The van der Waals surface area contributed by atoms with Gasteiger partial charge in [-0.05, 0) is 60.3 Å². The molecule has 4 aliphatic rings. The molecule has 0 radical (unpaired) electrons. The van der Waals surface area contributed by atoms with Crippen molar-refractivity contribution in [2.75, 3.05) is 6.61 Å². The molecule has 0 bridgehead atoms. The lowest BCUT2D eigenvalue weighted by molar-refractivity contribution is -0.142. The van der Waals surface area contributed by atoms with Crippen LogP contribution in [0.5, 0.6) is 0 Å². The molecule has 182 valence electrons. The van der Waals surface area contributed by atoms with E-state index in [4.69, 9.17) is 4.74 Å². The molecule has 35 heavy (non-hydrogen) atoms. The van der Waals surface area contributed by atoms with Gasteiger partial charge in [0.1, 0.15) is 6.61 Å². The zero-order chi connectivity index (χ0) is 24.2. The number of benzene rings is 2. The van der Waals surface area contributed by atoms with E-state index in [9.17, 15) is 19.5 Å². The Morgan fingerprint density at radius 2 is 1.63 bits per heavy atom. The van der Waals surface area contributed by atoms with Crippen LogP contribution in [0.4, 0.5) is 4.79 Å². The molecule has 7 heteroatoms. The summed E-state index contributed by atoms with van der Waals surface area (Å²) in [4.78, 5) is 37.2. The Morgan fingerprint density at radius 1 is 0.943 bits per heavy atom. The summed E-state index contributed by atoms with van der Waals surface area (Å²) >= 11 is 0. The number of alkyl carbamates (subject to hydrolysis) is 1. The average Bonchev–Trinajstić information content (AvgIpc) is 3.17. The molecule has 2 aromatic rings. The number of ether oxygens (including phenoxy) is 1. The summed E-state index contributed by atoms with van der Waals surface area (Å²) in [6.07, 6.45) is 3.85. The van der Waals surface area contributed by atoms with Crippen molar-refractivity contribution in [1.29, 1.82) is 0 Å². The van der Waals surface area contributed by atoms with E-state index in [1.54, 1.807) is 0 Å². The van der Waals surface area contributed by atoms with Gasteiger partial charge in [0.25, 0.3) is 0 Å². The summed E-state index contributed by atoms with van der Waals surface area (Å²) < 4.78 is 5.68. The summed E-state index contributed by atoms with van der Waals surface area (Å²) in [6, 6.07) is 16.1. The Labute approximate surface area is 204 Å². The van der Waals surface area contributed by atoms with Gasteiger partial charge < -0.3 is 20.5 Å². The monoisotopic (exact) mass is 474 g/mol. The molecule has 0 heterocycles. The number of amides is 2. The molecule has 0 spiro atoms. The molecular formula is C28H30N2O5. The van der Waals surface area contributed by atoms with E-state index in [0.29, 0.717) is 19.3 Å². The Bertz CT molecular complexity index is 1150. The van der Waals surface area contributed by atoms with Crippen LogP contribution in [0.3, 0.4) is 0 Å². The third kappa shape index (κ3) is 3.77. The van der Waals surface area contributed by atoms with Crippen molar-refractivity contribution in [3.05, 3.63) is 59.7 Å². The maximum absolute atomic E-state index is 13.0. The highest BCUT2D eigenvalue weighted by atomic mass is 16.5. The summed E-state index contributed by atoms with van der Waals surface area (Å²) in [6.45, 7) is 0.264. The molecule has 0 unspecified atom stereocenters. The standard InChI is InChI=1S/C28H30N2O5/c31-25(32)22-10-5-11-24(22)30-26(33)28-13-16(28)12-17(14-28)29-27(34)35-15-23-20-8-3-1-6-18(20)19-7-2-4-9-21(19)23/h1-4,6-9,16-17,22-24H,5,10-15H2,(H,29,34)(H,30,33)(H,31,32)/t16-,17+,22-,24+,28+/m1/s1. The average molecular weight is 475 g/mol. The lowest BCUT2D eigenvalue weighted by atomic mass is 9.98. The van der Waals surface area contributed by atoms with Gasteiger partial charge >= 0.3 is 12.1 Å². The van der Waals surface area contributed by atoms with Crippen LogP contribution < -0.4 is 10.6 Å². The van der Waals surface area contributed by atoms with E-state index in [1.165, 1.54) is 22.3 Å². The normalized spacial score (nSPS) is 30.2. The van der Waals surface area contributed by atoms with Crippen molar-refractivity contribution < 1.29 is 24.2 Å². The number of carbonyl (C=O) groups excluding carboxylic acids is 2. The summed E-state index contributed by atoms with van der Waals surface area (Å²) in [5.74, 6) is -1.12. The number of aliphatic carboxylic acids is 1. The Kier molecular flexibility index (Phi) is 5.31. The SMILES string of the molecule is O=C(N[C@H]1C[C@@H]2C[C@]2(C(=O)N[C@H]2CCC[C@H]2C(=O)O)C1)OCC1c2ccccc2-c2ccccc21. The van der Waals surface area contributed by atoms with Gasteiger partial charge in [-0.3, -0.25) is 9.59 Å². The summed E-state index contributed by atoms with van der Waals surface area (Å²) in [5.41, 5.74) is 4.26. The van der Waals surface area contributed by atoms with E-state index in [0.717, 1.165) is 19.3 Å². The van der Waals surface area contributed by atoms with Crippen molar-refractivity contribution in [3.63, 3.8) is 0 Å². The minimum absolute atomic E-state index is 0.0100. The molecular weight excluding hydrogens is 444 g/mol. The number of carbonyl (C=O) groups is 3. The highest BCUT2D eigenvalue weighted by Crippen LogP contribution is 2.63. The fourth-order valence-corrected chi connectivity index (χ4v) is 6.83. The van der Waals surface area contributed by atoms with E-state index in [1.807, 2.05) is 24.3 Å². The highest BCUT2D eigenvalue weighted by Gasteiger charge is 2.65. The van der Waals surface area contributed by atoms with Gasteiger partial charge in [-0.15, -0.1) is 0 Å². The predicted octanol–water partition coefficient (Wildman–Crippen LogP) is 4.06. The molecule has 0 aromatic heterocycles. The van der Waals surface area contributed by atoms with Crippen molar-refractivity contribution in [2.24, 2.45) is 17.3 Å². The fourth-order valence-electron chi connectivity index (χ4n) is 6.83. The lowest BCUT2D eigenvalue weighted by Gasteiger charge is -2.22. The third-order valence-electron chi connectivity index (χ3n) is 8.68. The van der Waals surface area contributed by atoms with Crippen LogP contribution in [0, 0.1) is 17.3 Å². The number of hydrogen-bond donors (Lipinski definition) is 3. The molecule has 5 atom stereocenters. The second-order valence-corrected chi connectivity index (χ2v) is 10.6. The van der Waals surface area contributed by atoms with E-state index < -0.39 is 23.4 Å². The van der Waals surface area contributed by atoms with Gasteiger partial charge in [0.05, 0.1) is 11.3 Å². The van der Waals surface area contributed by atoms with Gasteiger partial charge in [-0.25, -0.2) is 4.79 Å². The Balaban J connectivity index is 1.04. The highest BCUT2D eigenvalue weighted by molar-refractivity contribution is 5.88. The number of hydrogen-bond acceptors (Lipinski definition) is 4. The quantitative estimate of drug-likeness (QED) is 0.586. The fraction of sp³-hybridized carbons (Fsp3) is 0.464. The van der Waals surface area contributed by atoms with Gasteiger partial charge in [-0.2, -0.15) is 0 Å². The van der Waals surface area contributed by atoms with Gasteiger partial charge in [0.2, 0.25) is 5.91 Å². The molecule has 2 aromatic carbocycles. The Hall–Kier alpha value is -3.35. The van der Waals surface area contributed by atoms with Gasteiger partial charge in [0, 0.05) is 18.0 Å². The molecule has 3 fully saturated rings. The van der Waals surface area contributed by atoms with Crippen molar-refractivity contribution in [2.45, 2.75) is 56.5 Å². The molecule has 0 aliphatic heterocycles. The largest absolute Gasteiger partial charge is 0.481 e. The summed E-state index contributed by atoms with van der Waals surface area (Å²) in [7, 11) is 0. The molecule has 4 aliphatic carbocycles. The van der Waals surface area contributed by atoms with E-state index in [2.05, 4.69) is 34.9 Å². The van der Waals surface area contributed by atoms with Crippen LogP contribution in [0.2, 0.25) is 0 Å². The number of nitrogens with one attached hydrogen (secondary N) is 2. The topological polar surface area (TPSA) is 105 Å². The van der Waals surface area contributed by atoms with Crippen LogP contribution in [-0.2, 0) is 14.3 Å². The smallest absolute Gasteiger partial charge is 0.407 e. The number of fused-ring (bicyclic) bond motifs is 4. The first-order valence-corrected chi connectivity index (χ1v) is 12.6. The minimum atomic E-state index is -0.834. The van der Waals surface area contributed by atoms with Crippen LogP contribution in [0.15, 0.2) is 48.5 Å². The number of rotatable bonds is 6.